The highest BCUT2D eigenvalue weighted by Gasteiger charge is 2.05. The quantitative estimate of drug-likeness (QED) is 0.679. The van der Waals surface area contributed by atoms with Crippen LogP contribution in [0.4, 0.5) is 11.4 Å². The van der Waals surface area contributed by atoms with E-state index in [1.165, 1.54) is 11.1 Å². The number of fused-ring (bicyclic) bond motifs is 1. The molecule has 4 nitrogen and oxygen atoms in total. The monoisotopic (exact) mass is 311 g/mol. The van der Waals surface area contributed by atoms with E-state index in [9.17, 15) is 0 Å². The molecule has 0 bridgehead atoms. The Hall–Kier alpha value is -2.40. The van der Waals surface area contributed by atoms with Gasteiger partial charge < -0.3 is 15.1 Å². The molecule has 1 heterocycles. The zero-order chi connectivity index (χ0) is 15.7. The Morgan fingerprint density at radius 1 is 0.955 bits per heavy atom. The van der Waals surface area contributed by atoms with E-state index in [1.54, 1.807) is 0 Å². The lowest BCUT2D eigenvalue weighted by atomic mass is 10.1. The van der Waals surface area contributed by atoms with E-state index >= 15 is 0 Å². The number of aromatic nitrogens is 1. The van der Waals surface area contributed by atoms with E-state index in [-0.39, 0.29) is 0 Å². The molecule has 0 radical (unpaired) electrons. The summed E-state index contributed by atoms with van der Waals surface area (Å²) >= 11 is 5.36. The number of aryl methyl sites for hydroxylation is 3. The second-order valence-electron chi connectivity index (χ2n) is 5.29. The van der Waals surface area contributed by atoms with Crippen molar-refractivity contribution in [2.24, 2.45) is 0 Å². The van der Waals surface area contributed by atoms with Crippen molar-refractivity contribution in [2.75, 3.05) is 10.6 Å². The number of hydrogen-bond acceptors (Lipinski definition) is 3. The highest BCUT2D eigenvalue weighted by molar-refractivity contribution is 7.80. The van der Waals surface area contributed by atoms with Crippen molar-refractivity contribution < 1.29 is 4.42 Å². The van der Waals surface area contributed by atoms with Crippen LogP contribution in [-0.2, 0) is 0 Å². The number of rotatable bonds is 2. The molecule has 0 unspecified atom stereocenters. The van der Waals surface area contributed by atoms with Crippen LogP contribution in [0.1, 0.15) is 17.0 Å². The van der Waals surface area contributed by atoms with E-state index in [0.29, 0.717) is 11.0 Å². The molecule has 2 N–H and O–H groups in total. The predicted molar refractivity (Wildman–Crippen MR) is 94.5 cm³/mol. The lowest BCUT2D eigenvalue weighted by Crippen LogP contribution is -2.19. The molecule has 1 aromatic heterocycles. The standard InChI is InChI=1S/C17H17N3OS/c1-10-4-5-13(8-11(10)2)19-17(22)20-14-6-7-16-15(9-14)18-12(3)21-16/h4-9H,1-3H3,(H2,19,20,22). The van der Waals surface area contributed by atoms with Crippen LogP contribution in [-0.4, -0.2) is 10.1 Å². The average molecular weight is 311 g/mol. The first-order valence-corrected chi connectivity index (χ1v) is 7.44. The molecule has 112 valence electrons. The van der Waals surface area contributed by atoms with Crippen molar-refractivity contribution in [1.82, 2.24) is 4.98 Å². The molecule has 0 fully saturated rings. The van der Waals surface area contributed by atoms with Crippen molar-refractivity contribution in [2.45, 2.75) is 20.8 Å². The van der Waals surface area contributed by atoms with Crippen LogP contribution in [0.3, 0.4) is 0 Å². The number of oxazole rings is 1. The van der Waals surface area contributed by atoms with Crippen molar-refractivity contribution in [1.29, 1.82) is 0 Å². The third-order valence-corrected chi connectivity index (χ3v) is 3.72. The minimum atomic E-state index is 0.544. The van der Waals surface area contributed by atoms with Gasteiger partial charge in [0.05, 0.1) is 0 Å². The lowest BCUT2D eigenvalue weighted by Gasteiger charge is -2.11. The fourth-order valence-corrected chi connectivity index (χ4v) is 2.47. The summed E-state index contributed by atoms with van der Waals surface area (Å²) in [7, 11) is 0. The molecule has 2 aromatic carbocycles. The van der Waals surface area contributed by atoms with Gasteiger partial charge in [-0.05, 0) is 67.5 Å². The third-order valence-electron chi connectivity index (χ3n) is 3.52. The first-order chi connectivity index (χ1) is 10.5. The number of anilines is 2. The SMILES string of the molecule is Cc1nc2cc(NC(=S)Nc3ccc(C)c(C)c3)ccc2o1. The summed E-state index contributed by atoms with van der Waals surface area (Å²) < 4.78 is 5.46. The molecule has 22 heavy (non-hydrogen) atoms. The molecule has 3 rings (SSSR count). The largest absolute Gasteiger partial charge is 0.441 e. The summed E-state index contributed by atoms with van der Waals surface area (Å²) in [5.74, 6) is 0.656. The fraction of sp³-hybridized carbons (Fsp3) is 0.176. The average Bonchev–Trinajstić information content (AvgIpc) is 2.82. The van der Waals surface area contributed by atoms with Gasteiger partial charge in [-0.2, -0.15) is 0 Å². The van der Waals surface area contributed by atoms with Crippen molar-refractivity contribution in [3.05, 3.63) is 53.4 Å². The lowest BCUT2D eigenvalue weighted by molar-refractivity contribution is 0.561. The van der Waals surface area contributed by atoms with Crippen LogP contribution in [0, 0.1) is 20.8 Å². The number of nitrogens with one attached hydrogen (secondary N) is 2. The summed E-state index contributed by atoms with van der Waals surface area (Å²) in [6, 6.07) is 11.9. The molecule has 0 saturated heterocycles. The van der Waals surface area contributed by atoms with E-state index < -0.39 is 0 Å². The number of benzene rings is 2. The normalized spacial score (nSPS) is 10.7. The van der Waals surface area contributed by atoms with Crippen LogP contribution in [0.15, 0.2) is 40.8 Å². The minimum absolute atomic E-state index is 0.544. The Morgan fingerprint density at radius 3 is 2.36 bits per heavy atom. The van der Waals surface area contributed by atoms with E-state index in [1.807, 2.05) is 31.2 Å². The summed E-state index contributed by atoms with van der Waals surface area (Å²) in [5.41, 5.74) is 5.93. The molecule has 0 atom stereocenters. The highest BCUT2D eigenvalue weighted by atomic mass is 32.1. The van der Waals surface area contributed by atoms with Crippen molar-refractivity contribution in [3.63, 3.8) is 0 Å². The van der Waals surface area contributed by atoms with Crippen LogP contribution in [0.5, 0.6) is 0 Å². The maximum atomic E-state index is 5.46. The molecule has 0 aliphatic rings. The van der Waals surface area contributed by atoms with Gasteiger partial charge in [-0.15, -0.1) is 0 Å². The van der Waals surface area contributed by atoms with Crippen LogP contribution in [0.2, 0.25) is 0 Å². The van der Waals surface area contributed by atoms with Crippen molar-refractivity contribution in [3.8, 4) is 0 Å². The predicted octanol–water partition coefficient (Wildman–Crippen LogP) is 4.56. The molecule has 0 aliphatic heterocycles. The molecule has 0 spiro atoms. The van der Waals surface area contributed by atoms with Gasteiger partial charge >= 0.3 is 0 Å². The first-order valence-electron chi connectivity index (χ1n) is 7.04. The Balaban J connectivity index is 1.73. The summed E-state index contributed by atoms with van der Waals surface area (Å²) in [4.78, 5) is 4.32. The number of hydrogen-bond donors (Lipinski definition) is 2. The van der Waals surface area contributed by atoms with Gasteiger partial charge in [-0.1, -0.05) is 6.07 Å². The Morgan fingerprint density at radius 2 is 1.64 bits per heavy atom. The Kier molecular flexibility index (Phi) is 3.81. The molecular formula is C17H17N3OS. The molecule has 0 saturated carbocycles. The van der Waals surface area contributed by atoms with Crippen molar-refractivity contribution >= 4 is 39.8 Å². The molecule has 0 aliphatic carbocycles. The van der Waals surface area contributed by atoms with Gasteiger partial charge in [0.1, 0.15) is 5.52 Å². The Bertz CT molecular complexity index is 854. The molecule has 5 heteroatoms. The van der Waals surface area contributed by atoms with E-state index in [4.69, 9.17) is 16.6 Å². The van der Waals surface area contributed by atoms with E-state index in [0.717, 1.165) is 22.5 Å². The van der Waals surface area contributed by atoms with Gasteiger partial charge in [0.2, 0.25) is 0 Å². The zero-order valence-electron chi connectivity index (χ0n) is 12.7. The zero-order valence-corrected chi connectivity index (χ0v) is 13.5. The third kappa shape index (κ3) is 3.09. The summed E-state index contributed by atoms with van der Waals surface area (Å²) in [5, 5.41) is 6.90. The van der Waals surface area contributed by atoms with Gasteiger partial charge in [0, 0.05) is 18.3 Å². The fourth-order valence-electron chi connectivity index (χ4n) is 2.23. The highest BCUT2D eigenvalue weighted by Crippen LogP contribution is 2.20. The second-order valence-corrected chi connectivity index (χ2v) is 5.70. The summed E-state index contributed by atoms with van der Waals surface area (Å²) in [6.45, 7) is 6.00. The number of nitrogens with zero attached hydrogens (tertiary/aromatic N) is 1. The van der Waals surface area contributed by atoms with Gasteiger partial charge in [0.25, 0.3) is 0 Å². The molecular weight excluding hydrogens is 294 g/mol. The van der Waals surface area contributed by atoms with Gasteiger partial charge in [-0.25, -0.2) is 4.98 Å². The van der Waals surface area contributed by atoms with Gasteiger partial charge in [0.15, 0.2) is 16.6 Å². The molecule has 3 aromatic rings. The summed E-state index contributed by atoms with van der Waals surface area (Å²) in [6.07, 6.45) is 0. The van der Waals surface area contributed by atoms with Crippen LogP contribution < -0.4 is 10.6 Å². The number of thiocarbonyl (C=S) groups is 1. The van der Waals surface area contributed by atoms with Gasteiger partial charge in [-0.3, -0.25) is 0 Å². The Labute approximate surface area is 134 Å². The minimum Gasteiger partial charge on any atom is -0.441 e. The smallest absolute Gasteiger partial charge is 0.192 e. The second kappa shape index (κ2) is 5.77. The topological polar surface area (TPSA) is 50.1 Å². The first kappa shape index (κ1) is 14.5. The molecule has 0 amide bonds. The van der Waals surface area contributed by atoms with E-state index in [2.05, 4.69) is 41.6 Å². The van der Waals surface area contributed by atoms with Crippen LogP contribution in [0.25, 0.3) is 11.1 Å². The maximum Gasteiger partial charge on any atom is 0.192 e. The maximum absolute atomic E-state index is 5.46. The van der Waals surface area contributed by atoms with Crippen LogP contribution >= 0.6 is 12.2 Å².